The minimum absolute atomic E-state index is 0.0777. The summed E-state index contributed by atoms with van der Waals surface area (Å²) in [4.78, 5) is 26.7. The second kappa shape index (κ2) is 6.99. The molecular formula is C15H18N6O3. The van der Waals surface area contributed by atoms with E-state index in [1.165, 1.54) is 11.6 Å². The number of aromatic nitrogens is 3. The molecule has 1 N–H and O–H groups in total. The number of nitrogens with one attached hydrogen (secondary N) is 1. The van der Waals surface area contributed by atoms with Crippen LogP contribution in [0.25, 0.3) is 0 Å². The van der Waals surface area contributed by atoms with Crippen molar-refractivity contribution in [3.8, 4) is 0 Å². The molecular weight excluding hydrogens is 312 g/mol. The Morgan fingerprint density at radius 2 is 2.00 bits per heavy atom. The predicted molar refractivity (Wildman–Crippen MR) is 87.7 cm³/mol. The van der Waals surface area contributed by atoms with Gasteiger partial charge in [-0.25, -0.2) is 5.43 Å². The Morgan fingerprint density at radius 1 is 1.38 bits per heavy atom. The molecule has 0 saturated heterocycles. The molecule has 0 aliphatic rings. The molecule has 2 rings (SSSR count). The second-order valence-corrected chi connectivity index (χ2v) is 5.31. The number of pyridine rings is 1. The van der Waals surface area contributed by atoms with Gasteiger partial charge < -0.3 is 0 Å². The van der Waals surface area contributed by atoms with Crippen LogP contribution < -0.4 is 5.43 Å². The van der Waals surface area contributed by atoms with Crippen LogP contribution >= 0.6 is 0 Å². The van der Waals surface area contributed by atoms with Crippen molar-refractivity contribution < 1.29 is 9.72 Å². The van der Waals surface area contributed by atoms with Crippen molar-refractivity contribution in [2.45, 2.75) is 33.7 Å². The largest absolute Gasteiger partial charge is 0.312 e. The lowest BCUT2D eigenvalue weighted by Crippen LogP contribution is -2.29. The average molecular weight is 330 g/mol. The summed E-state index contributed by atoms with van der Waals surface area (Å²) < 4.78 is 1.33. The molecule has 0 fully saturated rings. The Hall–Kier alpha value is -3.10. The third kappa shape index (κ3) is 3.45. The first-order valence-electron chi connectivity index (χ1n) is 7.27. The average Bonchev–Trinajstić information content (AvgIpc) is 2.86. The summed E-state index contributed by atoms with van der Waals surface area (Å²) in [7, 11) is 0. The van der Waals surface area contributed by atoms with Gasteiger partial charge in [-0.3, -0.25) is 24.6 Å². The first-order chi connectivity index (χ1) is 11.3. The summed E-state index contributed by atoms with van der Waals surface area (Å²) in [6.45, 7) is 6.47. The predicted octanol–water partition coefficient (Wildman–Crippen LogP) is 1.90. The molecule has 0 aliphatic carbocycles. The lowest BCUT2D eigenvalue weighted by Gasteiger charge is -2.12. The lowest BCUT2D eigenvalue weighted by atomic mass is 10.2. The molecule has 2 aromatic heterocycles. The summed E-state index contributed by atoms with van der Waals surface area (Å²) in [5.74, 6) is -0.413. The number of carbonyl (C=O) groups excluding carboxylic acids is 1. The van der Waals surface area contributed by atoms with Gasteiger partial charge in [0.25, 0.3) is 5.91 Å². The standard InChI is InChI=1S/C15H18N6O3/c1-9(13-5-7-16-8-6-13)17-18-15(22)12(4)20-11(3)14(21(23)24)10(2)19-20/h5-8,12H,1-4H3,(H,18,22)/b17-9+. The van der Waals surface area contributed by atoms with E-state index in [1.54, 1.807) is 45.3 Å². The van der Waals surface area contributed by atoms with Gasteiger partial charge in [0.1, 0.15) is 17.4 Å². The van der Waals surface area contributed by atoms with E-state index < -0.39 is 16.9 Å². The van der Waals surface area contributed by atoms with Crippen LogP contribution in [0, 0.1) is 24.0 Å². The molecule has 2 heterocycles. The number of nitro groups is 1. The zero-order valence-electron chi connectivity index (χ0n) is 13.8. The third-order valence-electron chi connectivity index (χ3n) is 3.65. The smallest absolute Gasteiger partial charge is 0.271 e. The van der Waals surface area contributed by atoms with E-state index >= 15 is 0 Å². The van der Waals surface area contributed by atoms with Gasteiger partial charge in [-0.2, -0.15) is 10.2 Å². The quantitative estimate of drug-likeness (QED) is 0.511. The number of rotatable bonds is 5. The summed E-state index contributed by atoms with van der Waals surface area (Å²) in [6, 6.07) is 2.82. The van der Waals surface area contributed by atoms with Crippen molar-refractivity contribution in [1.29, 1.82) is 0 Å². The first-order valence-corrected chi connectivity index (χ1v) is 7.27. The Balaban J connectivity index is 2.16. The van der Waals surface area contributed by atoms with Crippen LogP contribution in [-0.4, -0.2) is 31.3 Å². The number of hydrogen-bond acceptors (Lipinski definition) is 6. The number of carbonyl (C=O) groups is 1. The van der Waals surface area contributed by atoms with Gasteiger partial charge in [0.2, 0.25) is 0 Å². The van der Waals surface area contributed by atoms with Gasteiger partial charge in [-0.15, -0.1) is 0 Å². The molecule has 0 aliphatic heterocycles. The lowest BCUT2D eigenvalue weighted by molar-refractivity contribution is -0.386. The fraction of sp³-hybridized carbons (Fsp3) is 0.333. The van der Waals surface area contributed by atoms with Crippen molar-refractivity contribution in [2.75, 3.05) is 0 Å². The van der Waals surface area contributed by atoms with Crippen molar-refractivity contribution in [3.05, 3.63) is 51.6 Å². The van der Waals surface area contributed by atoms with Crippen molar-refractivity contribution in [1.82, 2.24) is 20.2 Å². The maximum atomic E-state index is 12.3. The highest BCUT2D eigenvalue weighted by Crippen LogP contribution is 2.24. The minimum atomic E-state index is -0.730. The zero-order valence-corrected chi connectivity index (χ0v) is 13.8. The number of hydrazone groups is 1. The molecule has 0 bridgehead atoms. The van der Waals surface area contributed by atoms with Gasteiger partial charge in [0.05, 0.1) is 10.6 Å². The van der Waals surface area contributed by atoms with Crippen LogP contribution in [0.5, 0.6) is 0 Å². The summed E-state index contributed by atoms with van der Waals surface area (Å²) in [5.41, 5.74) is 4.44. The highest BCUT2D eigenvalue weighted by atomic mass is 16.6. The van der Waals surface area contributed by atoms with E-state index in [0.29, 0.717) is 11.4 Å². The second-order valence-electron chi connectivity index (χ2n) is 5.31. The maximum absolute atomic E-state index is 12.3. The molecule has 0 spiro atoms. The van der Waals surface area contributed by atoms with Gasteiger partial charge >= 0.3 is 5.69 Å². The fourth-order valence-electron chi connectivity index (χ4n) is 2.30. The molecule has 1 atom stereocenters. The van der Waals surface area contributed by atoms with Gasteiger partial charge in [-0.05, 0) is 39.8 Å². The highest BCUT2D eigenvalue weighted by molar-refractivity contribution is 5.99. The Bertz CT molecular complexity index is 797. The molecule has 2 aromatic rings. The van der Waals surface area contributed by atoms with Crippen molar-refractivity contribution in [2.24, 2.45) is 5.10 Å². The highest BCUT2D eigenvalue weighted by Gasteiger charge is 2.26. The normalized spacial score (nSPS) is 12.8. The van der Waals surface area contributed by atoms with Crippen LogP contribution in [-0.2, 0) is 4.79 Å². The van der Waals surface area contributed by atoms with Crippen LogP contribution in [0.4, 0.5) is 5.69 Å². The summed E-state index contributed by atoms with van der Waals surface area (Å²) in [6.07, 6.45) is 3.27. The molecule has 126 valence electrons. The van der Waals surface area contributed by atoms with E-state index in [2.05, 4.69) is 20.6 Å². The SMILES string of the molecule is C/C(=N\NC(=O)C(C)n1nc(C)c([N+](=O)[O-])c1C)c1ccncc1. The van der Waals surface area contributed by atoms with E-state index in [4.69, 9.17) is 0 Å². The number of amides is 1. The zero-order chi connectivity index (χ0) is 17.9. The Morgan fingerprint density at radius 3 is 2.54 bits per heavy atom. The third-order valence-corrected chi connectivity index (χ3v) is 3.65. The minimum Gasteiger partial charge on any atom is -0.271 e. The van der Waals surface area contributed by atoms with Crippen molar-refractivity contribution in [3.63, 3.8) is 0 Å². The van der Waals surface area contributed by atoms with Crippen LogP contribution in [0.2, 0.25) is 0 Å². The van der Waals surface area contributed by atoms with E-state index in [-0.39, 0.29) is 11.4 Å². The Kier molecular flexibility index (Phi) is 5.02. The molecule has 1 amide bonds. The molecule has 9 heteroatoms. The first kappa shape index (κ1) is 17.3. The topological polar surface area (TPSA) is 115 Å². The number of aryl methyl sites for hydroxylation is 1. The molecule has 0 aromatic carbocycles. The van der Waals surface area contributed by atoms with E-state index in [9.17, 15) is 14.9 Å². The Labute approximate surface area is 138 Å². The summed E-state index contributed by atoms with van der Waals surface area (Å²) >= 11 is 0. The fourth-order valence-corrected chi connectivity index (χ4v) is 2.30. The molecule has 0 radical (unpaired) electrons. The molecule has 9 nitrogen and oxygen atoms in total. The molecule has 1 unspecified atom stereocenters. The number of nitrogens with zero attached hydrogens (tertiary/aromatic N) is 5. The van der Waals surface area contributed by atoms with Crippen molar-refractivity contribution >= 4 is 17.3 Å². The monoisotopic (exact) mass is 330 g/mol. The number of hydrogen-bond donors (Lipinski definition) is 1. The van der Waals surface area contributed by atoms with E-state index in [0.717, 1.165) is 5.56 Å². The van der Waals surface area contributed by atoms with Gasteiger partial charge in [-0.1, -0.05) is 0 Å². The molecule has 24 heavy (non-hydrogen) atoms. The van der Waals surface area contributed by atoms with E-state index in [1.807, 2.05) is 0 Å². The van der Waals surface area contributed by atoms with Crippen LogP contribution in [0.15, 0.2) is 29.6 Å². The van der Waals surface area contributed by atoms with Gasteiger partial charge in [0, 0.05) is 18.0 Å². The van der Waals surface area contributed by atoms with Gasteiger partial charge in [0.15, 0.2) is 0 Å². The molecule has 0 saturated carbocycles. The summed E-state index contributed by atoms with van der Waals surface area (Å²) in [5, 5.41) is 19.2. The van der Waals surface area contributed by atoms with Crippen LogP contribution in [0.3, 0.4) is 0 Å². The maximum Gasteiger partial charge on any atom is 0.312 e. The van der Waals surface area contributed by atoms with Crippen LogP contribution in [0.1, 0.15) is 36.8 Å².